The molecule has 0 bridgehead atoms. The number of anilines is 2. The maximum absolute atomic E-state index is 11.9. The van der Waals surface area contributed by atoms with Crippen LogP contribution in [0.1, 0.15) is 19.3 Å². The fourth-order valence-corrected chi connectivity index (χ4v) is 2.15. The van der Waals surface area contributed by atoms with Crippen LogP contribution in [-0.2, 0) is 4.79 Å². The van der Waals surface area contributed by atoms with Crippen LogP contribution in [0.4, 0.5) is 11.4 Å². The highest BCUT2D eigenvalue weighted by atomic mass is 16.5. The largest absolute Gasteiger partial charge is 0.497 e. The van der Waals surface area contributed by atoms with Gasteiger partial charge in [-0.1, -0.05) is 6.42 Å². The summed E-state index contributed by atoms with van der Waals surface area (Å²) >= 11 is 0. The third kappa shape index (κ3) is 3.38. The normalized spacial score (nSPS) is 15.1. The molecule has 3 N–H and O–H groups in total. The Hall–Kier alpha value is -1.75. The highest BCUT2D eigenvalue weighted by Crippen LogP contribution is 2.25. The van der Waals surface area contributed by atoms with Gasteiger partial charge in [-0.05, 0) is 32.0 Å². The number of hydrogen-bond donors (Lipinski definition) is 2. The second-order valence-corrected chi connectivity index (χ2v) is 5.00. The topological polar surface area (TPSA) is 67.6 Å². The van der Waals surface area contributed by atoms with Crippen molar-refractivity contribution in [2.45, 2.75) is 25.3 Å². The molecular formula is C14H21N3O2. The molecule has 0 atom stereocenters. The molecular weight excluding hydrogens is 242 g/mol. The average Bonchev–Trinajstić information content (AvgIpc) is 2.29. The van der Waals surface area contributed by atoms with Crippen molar-refractivity contribution in [2.24, 2.45) is 0 Å². The molecule has 0 saturated heterocycles. The van der Waals surface area contributed by atoms with Crippen LogP contribution >= 0.6 is 0 Å². The molecule has 1 aromatic carbocycles. The molecule has 1 aromatic rings. The highest BCUT2D eigenvalue weighted by molar-refractivity contribution is 5.95. The monoisotopic (exact) mass is 263 g/mol. The Morgan fingerprint density at radius 2 is 2.26 bits per heavy atom. The van der Waals surface area contributed by atoms with Crippen LogP contribution in [0.3, 0.4) is 0 Å². The summed E-state index contributed by atoms with van der Waals surface area (Å²) in [5.74, 6) is 0.647. The molecule has 0 unspecified atom stereocenters. The minimum absolute atomic E-state index is 0.0359. The zero-order chi connectivity index (χ0) is 13.8. The van der Waals surface area contributed by atoms with Gasteiger partial charge in [0.15, 0.2) is 0 Å². The van der Waals surface area contributed by atoms with Crippen LogP contribution in [0.15, 0.2) is 18.2 Å². The van der Waals surface area contributed by atoms with Crippen molar-refractivity contribution in [1.82, 2.24) is 4.90 Å². The van der Waals surface area contributed by atoms with Crippen molar-refractivity contribution in [1.29, 1.82) is 0 Å². The molecule has 1 aliphatic rings. The van der Waals surface area contributed by atoms with Crippen LogP contribution in [-0.4, -0.2) is 37.6 Å². The molecule has 1 amide bonds. The number of carbonyl (C=O) groups excluding carboxylic acids is 1. The van der Waals surface area contributed by atoms with E-state index in [0.717, 1.165) is 0 Å². The molecule has 104 valence electrons. The predicted molar refractivity (Wildman–Crippen MR) is 76.3 cm³/mol. The zero-order valence-corrected chi connectivity index (χ0v) is 11.5. The minimum atomic E-state index is -0.0359. The summed E-state index contributed by atoms with van der Waals surface area (Å²) in [6.45, 7) is 0.399. The minimum Gasteiger partial charge on any atom is -0.497 e. The summed E-state index contributed by atoms with van der Waals surface area (Å²) in [6.07, 6.45) is 3.64. The predicted octanol–water partition coefficient (Wildman–Crippen LogP) is 1.70. The lowest BCUT2D eigenvalue weighted by atomic mass is 9.92. The van der Waals surface area contributed by atoms with E-state index in [9.17, 15) is 4.79 Å². The van der Waals surface area contributed by atoms with Crippen LogP contribution in [0, 0.1) is 0 Å². The molecule has 0 spiro atoms. The van der Waals surface area contributed by atoms with E-state index in [1.54, 1.807) is 25.3 Å². The number of likely N-dealkylation sites (N-methyl/N-ethyl adjacent to an activating group) is 1. The van der Waals surface area contributed by atoms with Crippen LogP contribution in [0.5, 0.6) is 5.75 Å². The Balaban J connectivity index is 1.91. The van der Waals surface area contributed by atoms with Gasteiger partial charge in [-0.25, -0.2) is 0 Å². The number of hydrogen-bond acceptors (Lipinski definition) is 4. The first-order valence-corrected chi connectivity index (χ1v) is 6.53. The standard InChI is InChI=1S/C14H21N3O2/c1-17(10-4-3-5-10)9-14(18)16-13-7-6-11(19-2)8-12(13)15/h6-8,10H,3-5,9,15H2,1-2H3,(H,16,18). The smallest absolute Gasteiger partial charge is 0.238 e. The van der Waals surface area contributed by atoms with Gasteiger partial charge < -0.3 is 15.8 Å². The average molecular weight is 263 g/mol. The van der Waals surface area contributed by atoms with Gasteiger partial charge in [0, 0.05) is 12.1 Å². The molecule has 0 radical (unpaired) electrons. The van der Waals surface area contributed by atoms with E-state index in [1.165, 1.54) is 19.3 Å². The quantitative estimate of drug-likeness (QED) is 0.793. The summed E-state index contributed by atoms with van der Waals surface area (Å²) in [5, 5.41) is 2.83. The zero-order valence-electron chi connectivity index (χ0n) is 11.5. The van der Waals surface area contributed by atoms with E-state index < -0.39 is 0 Å². The Morgan fingerprint density at radius 1 is 1.53 bits per heavy atom. The third-order valence-corrected chi connectivity index (χ3v) is 3.62. The maximum Gasteiger partial charge on any atom is 0.238 e. The Labute approximate surface area is 113 Å². The van der Waals surface area contributed by atoms with Crippen LogP contribution in [0.2, 0.25) is 0 Å². The van der Waals surface area contributed by atoms with Gasteiger partial charge in [0.05, 0.1) is 25.0 Å². The van der Waals surface area contributed by atoms with Gasteiger partial charge in [-0.2, -0.15) is 0 Å². The van der Waals surface area contributed by atoms with Gasteiger partial charge in [-0.15, -0.1) is 0 Å². The number of nitrogens with one attached hydrogen (secondary N) is 1. The van der Waals surface area contributed by atoms with Crippen molar-refractivity contribution < 1.29 is 9.53 Å². The second kappa shape index (κ2) is 5.93. The molecule has 5 heteroatoms. The fraction of sp³-hybridized carbons (Fsp3) is 0.500. The van der Waals surface area contributed by atoms with Crippen LogP contribution in [0.25, 0.3) is 0 Å². The summed E-state index contributed by atoms with van der Waals surface area (Å²) in [5.41, 5.74) is 7.01. The number of ether oxygens (including phenoxy) is 1. The second-order valence-electron chi connectivity index (χ2n) is 5.00. The maximum atomic E-state index is 11.9. The van der Waals surface area contributed by atoms with Gasteiger partial charge in [0.1, 0.15) is 5.75 Å². The molecule has 1 fully saturated rings. The van der Waals surface area contributed by atoms with E-state index in [4.69, 9.17) is 10.5 Å². The number of nitrogens with two attached hydrogens (primary N) is 1. The van der Waals surface area contributed by atoms with Crippen molar-refractivity contribution in [3.8, 4) is 5.75 Å². The lowest BCUT2D eigenvalue weighted by molar-refractivity contribution is -0.117. The molecule has 5 nitrogen and oxygen atoms in total. The number of rotatable bonds is 5. The molecule has 0 aliphatic heterocycles. The van der Waals surface area contributed by atoms with Crippen molar-refractivity contribution in [3.63, 3.8) is 0 Å². The molecule has 1 saturated carbocycles. The first-order valence-electron chi connectivity index (χ1n) is 6.53. The first-order chi connectivity index (χ1) is 9.10. The molecule has 0 heterocycles. The van der Waals surface area contributed by atoms with E-state index in [1.807, 2.05) is 7.05 Å². The van der Waals surface area contributed by atoms with E-state index in [2.05, 4.69) is 10.2 Å². The summed E-state index contributed by atoms with van der Waals surface area (Å²) in [7, 11) is 3.57. The van der Waals surface area contributed by atoms with E-state index >= 15 is 0 Å². The Morgan fingerprint density at radius 3 is 2.79 bits per heavy atom. The molecule has 19 heavy (non-hydrogen) atoms. The Kier molecular flexibility index (Phi) is 4.27. The number of carbonyl (C=O) groups is 1. The van der Waals surface area contributed by atoms with Crippen LogP contribution < -0.4 is 15.8 Å². The van der Waals surface area contributed by atoms with Gasteiger partial charge >= 0.3 is 0 Å². The van der Waals surface area contributed by atoms with E-state index in [0.29, 0.717) is 29.7 Å². The molecule has 0 aromatic heterocycles. The molecule has 1 aliphatic carbocycles. The number of amides is 1. The number of nitrogen functional groups attached to an aromatic ring is 1. The Bertz CT molecular complexity index is 458. The SMILES string of the molecule is COc1ccc(NC(=O)CN(C)C2CCC2)c(N)c1. The fourth-order valence-electron chi connectivity index (χ4n) is 2.15. The number of methoxy groups -OCH3 is 1. The van der Waals surface area contributed by atoms with Crippen molar-refractivity contribution >= 4 is 17.3 Å². The summed E-state index contributed by atoms with van der Waals surface area (Å²) in [4.78, 5) is 14.0. The number of nitrogens with zero attached hydrogens (tertiary/aromatic N) is 1. The summed E-state index contributed by atoms with van der Waals surface area (Å²) < 4.78 is 5.07. The number of benzene rings is 1. The van der Waals surface area contributed by atoms with Gasteiger partial charge in [0.2, 0.25) is 5.91 Å². The lowest BCUT2D eigenvalue weighted by Gasteiger charge is -2.34. The lowest BCUT2D eigenvalue weighted by Crippen LogP contribution is -2.41. The van der Waals surface area contributed by atoms with Gasteiger partial charge in [0.25, 0.3) is 0 Å². The van der Waals surface area contributed by atoms with E-state index in [-0.39, 0.29) is 5.91 Å². The summed E-state index contributed by atoms with van der Waals surface area (Å²) in [6, 6.07) is 5.79. The van der Waals surface area contributed by atoms with Crippen molar-refractivity contribution in [2.75, 3.05) is 31.8 Å². The van der Waals surface area contributed by atoms with Gasteiger partial charge in [-0.3, -0.25) is 9.69 Å². The highest BCUT2D eigenvalue weighted by Gasteiger charge is 2.23. The molecule has 2 rings (SSSR count). The third-order valence-electron chi connectivity index (χ3n) is 3.62. The van der Waals surface area contributed by atoms with Crippen molar-refractivity contribution in [3.05, 3.63) is 18.2 Å². The first kappa shape index (κ1) is 13.7.